The minimum absolute atomic E-state index is 0.0742. The molecule has 0 bridgehead atoms. The summed E-state index contributed by atoms with van der Waals surface area (Å²) in [5.74, 6) is -1.14. The molecule has 0 aliphatic heterocycles. The summed E-state index contributed by atoms with van der Waals surface area (Å²) in [6.07, 6.45) is 3.24. The molecule has 0 aliphatic carbocycles. The van der Waals surface area contributed by atoms with Crippen molar-refractivity contribution in [1.82, 2.24) is 0 Å². The van der Waals surface area contributed by atoms with Crippen molar-refractivity contribution in [3.05, 3.63) is 35.4 Å². The zero-order chi connectivity index (χ0) is 14.3. The fraction of sp³-hybridized carbons (Fsp3) is 0.286. The molecule has 0 fully saturated rings. The van der Waals surface area contributed by atoms with E-state index in [1.807, 2.05) is 0 Å². The van der Waals surface area contributed by atoms with Crippen molar-refractivity contribution in [2.24, 2.45) is 0 Å². The van der Waals surface area contributed by atoms with Crippen molar-refractivity contribution in [2.45, 2.75) is 13.3 Å². The first-order valence-corrected chi connectivity index (χ1v) is 5.82. The molecule has 5 heteroatoms. The van der Waals surface area contributed by atoms with Crippen LogP contribution in [0.1, 0.15) is 29.3 Å². The molecule has 0 saturated heterocycles. The molecule has 0 spiro atoms. The van der Waals surface area contributed by atoms with Gasteiger partial charge in [0.2, 0.25) is 0 Å². The van der Waals surface area contributed by atoms with E-state index in [1.54, 1.807) is 37.3 Å². The molecule has 1 rings (SSSR count). The van der Waals surface area contributed by atoms with Gasteiger partial charge in [-0.2, -0.15) is 0 Å². The maximum absolute atomic E-state index is 11.2. The SMILES string of the molecule is CCOC(=O)CC=Cc1cccc(OC)c1C(=O)O. The molecule has 19 heavy (non-hydrogen) atoms. The first-order valence-electron chi connectivity index (χ1n) is 5.82. The van der Waals surface area contributed by atoms with Crippen LogP contribution in [0.5, 0.6) is 5.75 Å². The molecule has 1 aromatic rings. The van der Waals surface area contributed by atoms with E-state index in [2.05, 4.69) is 0 Å². The van der Waals surface area contributed by atoms with Crippen molar-refractivity contribution >= 4 is 18.0 Å². The summed E-state index contributed by atoms with van der Waals surface area (Å²) in [5, 5.41) is 9.16. The van der Waals surface area contributed by atoms with Crippen molar-refractivity contribution in [2.75, 3.05) is 13.7 Å². The second-order valence-corrected chi connectivity index (χ2v) is 3.64. The highest BCUT2D eigenvalue weighted by Gasteiger charge is 2.14. The fourth-order valence-corrected chi connectivity index (χ4v) is 1.59. The van der Waals surface area contributed by atoms with Crippen LogP contribution in [0.15, 0.2) is 24.3 Å². The second kappa shape index (κ2) is 7.20. The van der Waals surface area contributed by atoms with Gasteiger partial charge < -0.3 is 14.6 Å². The second-order valence-electron chi connectivity index (χ2n) is 3.64. The number of carbonyl (C=O) groups is 2. The van der Waals surface area contributed by atoms with Crippen LogP contribution < -0.4 is 4.74 Å². The van der Waals surface area contributed by atoms with Gasteiger partial charge in [-0.15, -0.1) is 0 Å². The predicted octanol–water partition coefficient (Wildman–Crippen LogP) is 2.36. The Balaban J connectivity index is 2.92. The van der Waals surface area contributed by atoms with Crippen LogP contribution >= 0.6 is 0 Å². The number of carbonyl (C=O) groups excluding carboxylic acids is 1. The number of esters is 1. The minimum Gasteiger partial charge on any atom is -0.496 e. The molecule has 102 valence electrons. The summed E-state index contributed by atoms with van der Waals surface area (Å²) < 4.78 is 9.78. The molecular weight excluding hydrogens is 248 g/mol. The molecule has 0 aromatic heterocycles. The van der Waals surface area contributed by atoms with Gasteiger partial charge in [0.25, 0.3) is 0 Å². The summed E-state index contributed by atoms with van der Waals surface area (Å²) in [7, 11) is 1.41. The largest absolute Gasteiger partial charge is 0.496 e. The smallest absolute Gasteiger partial charge is 0.340 e. The van der Waals surface area contributed by atoms with Gasteiger partial charge in [0.05, 0.1) is 20.1 Å². The van der Waals surface area contributed by atoms with Gasteiger partial charge in [-0.25, -0.2) is 4.79 Å². The highest BCUT2D eigenvalue weighted by atomic mass is 16.5. The van der Waals surface area contributed by atoms with E-state index >= 15 is 0 Å². The van der Waals surface area contributed by atoms with E-state index in [0.29, 0.717) is 12.2 Å². The topological polar surface area (TPSA) is 72.8 Å². The van der Waals surface area contributed by atoms with Gasteiger partial charge in [0.1, 0.15) is 11.3 Å². The molecule has 0 atom stereocenters. The quantitative estimate of drug-likeness (QED) is 0.798. The van der Waals surface area contributed by atoms with Gasteiger partial charge in [-0.1, -0.05) is 24.3 Å². The van der Waals surface area contributed by atoms with E-state index in [1.165, 1.54) is 7.11 Å². The first kappa shape index (κ1) is 14.8. The maximum Gasteiger partial charge on any atom is 0.340 e. The minimum atomic E-state index is -1.08. The maximum atomic E-state index is 11.2. The lowest BCUT2D eigenvalue weighted by atomic mass is 10.1. The van der Waals surface area contributed by atoms with Crippen molar-refractivity contribution < 1.29 is 24.2 Å². The molecular formula is C14H16O5. The lowest BCUT2D eigenvalue weighted by molar-refractivity contribution is -0.142. The van der Waals surface area contributed by atoms with Crippen LogP contribution in [0, 0.1) is 0 Å². The van der Waals surface area contributed by atoms with Gasteiger partial charge in [0.15, 0.2) is 0 Å². The molecule has 1 N–H and O–H groups in total. The van der Waals surface area contributed by atoms with E-state index in [-0.39, 0.29) is 23.7 Å². The van der Waals surface area contributed by atoms with Crippen molar-refractivity contribution in [3.8, 4) is 5.75 Å². The summed E-state index contributed by atoms with van der Waals surface area (Å²) in [5.41, 5.74) is 0.557. The summed E-state index contributed by atoms with van der Waals surface area (Å²) in [6.45, 7) is 2.05. The van der Waals surface area contributed by atoms with Crippen LogP contribution in [0.4, 0.5) is 0 Å². The monoisotopic (exact) mass is 264 g/mol. The van der Waals surface area contributed by atoms with Gasteiger partial charge in [-0.3, -0.25) is 4.79 Å². The summed E-state index contributed by atoms with van der Waals surface area (Å²) >= 11 is 0. The molecule has 0 heterocycles. The lowest BCUT2D eigenvalue weighted by Gasteiger charge is -2.07. The Kier molecular flexibility index (Phi) is 5.60. The molecule has 0 amide bonds. The standard InChI is InChI=1S/C14H16O5/c1-3-19-12(15)9-5-7-10-6-4-8-11(18-2)13(10)14(16)17/h4-8H,3,9H2,1-2H3,(H,16,17). The third kappa shape index (κ3) is 4.13. The number of benzene rings is 1. The molecule has 0 unspecified atom stereocenters. The Morgan fingerprint density at radius 3 is 2.68 bits per heavy atom. The van der Waals surface area contributed by atoms with E-state index in [0.717, 1.165) is 0 Å². The Bertz CT molecular complexity index is 491. The average molecular weight is 264 g/mol. The zero-order valence-corrected chi connectivity index (χ0v) is 10.9. The van der Waals surface area contributed by atoms with Crippen LogP contribution in [-0.2, 0) is 9.53 Å². The van der Waals surface area contributed by atoms with E-state index in [4.69, 9.17) is 14.6 Å². The zero-order valence-electron chi connectivity index (χ0n) is 10.9. The molecule has 0 radical (unpaired) electrons. The van der Waals surface area contributed by atoms with E-state index < -0.39 is 5.97 Å². The number of carboxylic acid groups (broad SMARTS) is 1. The predicted molar refractivity (Wildman–Crippen MR) is 70.2 cm³/mol. The van der Waals surface area contributed by atoms with E-state index in [9.17, 15) is 9.59 Å². The number of hydrogen-bond donors (Lipinski definition) is 1. The average Bonchev–Trinajstić information content (AvgIpc) is 2.38. The van der Waals surface area contributed by atoms with Crippen LogP contribution in [0.3, 0.4) is 0 Å². The normalized spacial score (nSPS) is 10.4. The molecule has 5 nitrogen and oxygen atoms in total. The summed E-state index contributed by atoms with van der Waals surface area (Å²) in [4.78, 5) is 22.4. The number of carboxylic acids is 1. The number of rotatable bonds is 6. The van der Waals surface area contributed by atoms with Crippen molar-refractivity contribution in [3.63, 3.8) is 0 Å². The van der Waals surface area contributed by atoms with Gasteiger partial charge in [-0.05, 0) is 18.6 Å². The van der Waals surface area contributed by atoms with Crippen molar-refractivity contribution in [1.29, 1.82) is 0 Å². The molecule has 0 aliphatic rings. The number of hydrogen-bond acceptors (Lipinski definition) is 4. The van der Waals surface area contributed by atoms with Crippen LogP contribution in [-0.4, -0.2) is 30.8 Å². The number of ether oxygens (including phenoxy) is 2. The third-order valence-corrected chi connectivity index (χ3v) is 2.38. The Labute approximate surface area is 111 Å². The number of aromatic carboxylic acids is 1. The fourth-order valence-electron chi connectivity index (χ4n) is 1.59. The summed E-state index contributed by atoms with van der Waals surface area (Å²) in [6, 6.07) is 4.91. The molecule has 0 saturated carbocycles. The number of methoxy groups -OCH3 is 1. The van der Waals surface area contributed by atoms with Gasteiger partial charge in [0, 0.05) is 0 Å². The highest BCUT2D eigenvalue weighted by Crippen LogP contribution is 2.23. The molecule has 1 aromatic carbocycles. The highest BCUT2D eigenvalue weighted by molar-refractivity contribution is 5.95. The lowest BCUT2D eigenvalue weighted by Crippen LogP contribution is -2.03. The Morgan fingerprint density at radius 2 is 2.11 bits per heavy atom. The van der Waals surface area contributed by atoms with Gasteiger partial charge >= 0.3 is 11.9 Å². The van der Waals surface area contributed by atoms with Crippen LogP contribution in [0.2, 0.25) is 0 Å². The third-order valence-electron chi connectivity index (χ3n) is 2.38. The Morgan fingerprint density at radius 1 is 1.37 bits per heavy atom. The first-order chi connectivity index (χ1) is 9.10. The van der Waals surface area contributed by atoms with Crippen LogP contribution in [0.25, 0.3) is 6.08 Å². The Hall–Kier alpha value is -2.30.